The number of ether oxygens (including phenoxy) is 1. The minimum atomic E-state index is 0.597. The lowest BCUT2D eigenvalue weighted by Crippen LogP contribution is -2.17. The molecule has 16 heavy (non-hydrogen) atoms. The molecule has 0 spiro atoms. The van der Waals surface area contributed by atoms with E-state index in [0.717, 1.165) is 49.9 Å². The van der Waals surface area contributed by atoms with E-state index in [1.165, 1.54) is 0 Å². The first-order chi connectivity index (χ1) is 7.72. The molecule has 2 rings (SSSR count). The molecule has 1 unspecified atom stereocenters. The molecule has 0 radical (unpaired) electrons. The Morgan fingerprint density at radius 1 is 1.62 bits per heavy atom. The van der Waals surface area contributed by atoms with Gasteiger partial charge in [-0.3, -0.25) is 0 Å². The molecule has 0 aromatic carbocycles. The first kappa shape index (κ1) is 11.3. The molecule has 3 N–H and O–H groups in total. The lowest BCUT2D eigenvalue weighted by Gasteiger charge is -2.12. The van der Waals surface area contributed by atoms with E-state index >= 15 is 0 Å². The Balaban J connectivity index is 2.01. The summed E-state index contributed by atoms with van der Waals surface area (Å²) in [6.07, 6.45) is 1.13. The quantitative estimate of drug-likeness (QED) is 0.807. The molecule has 0 bridgehead atoms. The van der Waals surface area contributed by atoms with Crippen LogP contribution >= 0.6 is 0 Å². The maximum absolute atomic E-state index is 5.99. The van der Waals surface area contributed by atoms with Crippen LogP contribution in [0.5, 0.6) is 0 Å². The first-order valence-corrected chi connectivity index (χ1v) is 5.86. The Labute approximate surface area is 96.0 Å². The molecule has 0 aliphatic carbocycles. The fourth-order valence-electron chi connectivity index (χ4n) is 2.00. The van der Waals surface area contributed by atoms with Crippen molar-refractivity contribution in [3.8, 4) is 0 Å². The second-order valence-electron chi connectivity index (χ2n) is 4.27. The molecular weight excluding hydrogens is 204 g/mol. The standard InChI is InChI=1S/C11H20N4O/c1-3-15-11(10(12)8(2)14-15)13-6-9-4-5-16-7-9/h9,13H,3-7,12H2,1-2H3. The lowest BCUT2D eigenvalue weighted by atomic mass is 10.1. The van der Waals surface area contributed by atoms with Gasteiger partial charge in [0.2, 0.25) is 0 Å². The summed E-state index contributed by atoms with van der Waals surface area (Å²) in [5.74, 6) is 1.55. The van der Waals surface area contributed by atoms with Crippen molar-refractivity contribution < 1.29 is 4.74 Å². The van der Waals surface area contributed by atoms with E-state index in [1.807, 2.05) is 11.6 Å². The zero-order valence-corrected chi connectivity index (χ0v) is 9.99. The molecule has 1 aromatic heterocycles. The Morgan fingerprint density at radius 3 is 3.06 bits per heavy atom. The second kappa shape index (κ2) is 4.74. The molecule has 5 nitrogen and oxygen atoms in total. The van der Waals surface area contributed by atoms with Crippen LogP contribution in [0.3, 0.4) is 0 Å². The van der Waals surface area contributed by atoms with E-state index in [9.17, 15) is 0 Å². The van der Waals surface area contributed by atoms with Crippen molar-refractivity contribution in [2.45, 2.75) is 26.8 Å². The summed E-state index contributed by atoms with van der Waals surface area (Å²) in [6, 6.07) is 0. The van der Waals surface area contributed by atoms with E-state index in [-0.39, 0.29) is 0 Å². The van der Waals surface area contributed by atoms with Gasteiger partial charge < -0.3 is 15.8 Å². The number of nitrogen functional groups attached to an aromatic ring is 1. The number of nitrogens with one attached hydrogen (secondary N) is 1. The normalized spacial score (nSPS) is 20.2. The van der Waals surface area contributed by atoms with Crippen LogP contribution < -0.4 is 11.1 Å². The van der Waals surface area contributed by atoms with Crippen LogP contribution in [-0.4, -0.2) is 29.5 Å². The molecule has 0 amide bonds. The van der Waals surface area contributed by atoms with Crippen molar-refractivity contribution in [1.29, 1.82) is 0 Å². The largest absolute Gasteiger partial charge is 0.394 e. The van der Waals surface area contributed by atoms with Gasteiger partial charge in [0, 0.05) is 25.6 Å². The number of anilines is 2. The number of nitrogens with two attached hydrogens (primary N) is 1. The minimum absolute atomic E-state index is 0.597. The minimum Gasteiger partial charge on any atom is -0.394 e. The Bertz CT molecular complexity index is 355. The number of nitrogens with zero attached hydrogens (tertiary/aromatic N) is 2. The van der Waals surface area contributed by atoms with Crippen LogP contribution in [0, 0.1) is 12.8 Å². The van der Waals surface area contributed by atoms with Crippen molar-refractivity contribution in [1.82, 2.24) is 9.78 Å². The highest BCUT2D eigenvalue weighted by molar-refractivity contribution is 5.64. The third-order valence-corrected chi connectivity index (χ3v) is 3.06. The number of aromatic nitrogens is 2. The number of hydrogen-bond donors (Lipinski definition) is 2. The summed E-state index contributed by atoms with van der Waals surface area (Å²) in [7, 11) is 0. The molecular formula is C11H20N4O. The summed E-state index contributed by atoms with van der Waals surface area (Å²) < 4.78 is 7.26. The van der Waals surface area contributed by atoms with Crippen molar-refractivity contribution in [3.63, 3.8) is 0 Å². The van der Waals surface area contributed by atoms with E-state index in [0.29, 0.717) is 5.92 Å². The van der Waals surface area contributed by atoms with Crippen molar-refractivity contribution in [2.24, 2.45) is 5.92 Å². The third kappa shape index (κ3) is 2.14. The second-order valence-corrected chi connectivity index (χ2v) is 4.27. The maximum Gasteiger partial charge on any atom is 0.148 e. The maximum atomic E-state index is 5.99. The predicted molar refractivity (Wildman–Crippen MR) is 64.5 cm³/mol. The van der Waals surface area contributed by atoms with Crippen molar-refractivity contribution in [3.05, 3.63) is 5.69 Å². The van der Waals surface area contributed by atoms with Gasteiger partial charge in [-0.25, -0.2) is 4.68 Å². The van der Waals surface area contributed by atoms with E-state index in [4.69, 9.17) is 10.5 Å². The summed E-state index contributed by atoms with van der Waals surface area (Å²) in [6.45, 7) is 7.48. The molecule has 0 saturated carbocycles. The van der Waals surface area contributed by atoms with Crippen LogP contribution in [-0.2, 0) is 11.3 Å². The molecule has 5 heteroatoms. The molecule has 1 atom stereocenters. The molecule has 90 valence electrons. The molecule has 1 aromatic rings. The van der Waals surface area contributed by atoms with Crippen LogP contribution in [0.1, 0.15) is 19.0 Å². The average molecular weight is 224 g/mol. The van der Waals surface area contributed by atoms with Gasteiger partial charge in [0.05, 0.1) is 18.0 Å². The van der Waals surface area contributed by atoms with Gasteiger partial charge in [-0.1, -0.05) is 0 Å². The van der Waals surface area contributed by atoms with Gasteiger partial charge in [0.15, 0.2) is 0 Å². The number of aryl methyl sites for hydroxylation is 2. The highest BCUT2D eigenvalue weighted by Crippen LogP contribution is 2.23. The summed E-state index contributed by atoms with van der Waals surface area (Å²) in [4.78, 5) is 0. The summed E-state index contributed by atoms with van der Waals surface area (Å²) in [5.41, 5.74) is 7.65. The highest BCUT2D eigenvalue weighted by atomic mass is 16.5. The third-order valence-electron chi connectivity index (χ3n) is 3.06. The molecule has 2 heterocycles. The van der Waals surface area contributed by atoms with Crippen molar-refractivity contribution >= 4 is 11.5 Å². The van der Waals surface area contributed by atoms with Gasteiger partial charge in [0.25, 0.3) is 0 Å². The van der Waals surface area contributed by atoms with Gasteiger partial charge in [-0.2, -0.15) is 5.10 Å². The van der Waals surface area contributed by atoms with Crippen molar-refractivity contribution in [2.75, 3.05) is 30.8 Å². The van der Waals surface area contributed by atoms with E-state index in [1.54, 1.807) is 0 Å². The molecule has 1 fully saturated rings. The zero-order chi connectivity index (χ0) is 11.5. The Kier molecular flexibility index (Phi) is 3.33. The SMILES string of the molecule is CCn1nc(C)c(N)c1NCC1CCOC1. The number of rotatable bonds is 4. The van der Waals surface area contributed by atoms with Gasteiger partial charge in [0.1, 0.15) is 5.82 Å². The fraction of sp³-hybridized carbons (Fsp3) is 0.727. The van der Waals surface area contributed by atoms with Crippen LogP contribution in [0.2, 0.25) is 0 Å². The first-order valence-electron chi connectivity index (χ1n) is 5.86. The molecule has 1 aliphatic heterocycles. The molecule has 1 saturated heterocycles. The fourth-order valence-corrected chi connectivity index (χ4v) is 2.00. The van der Waals surface area contributed by atoms with Crippen LogP contribution in [0.15, 0.2) is 0 Å². The summed E-state index contributed by atoms with van der Waals surface area (Å²) >= 11 is 0. The highest BCUT2D eigenvalue weighted by Gasteiger charge is 2.17. The Morgan fingerprint density at radius 2 is 2.44 bits per heavy atom. The topological polar surface area (TPSA) is 65.1 Å². The van der Waals surface area contributed by atoms with Gasteiger partial charge in [-0.15, -0.1) is 0 Å². The van der Waals surface area contributed by atoms with E-state index in [2.05, 4.69) is 17.3 Å². The Hall–Kier alpha value is -1.23. The lowest BCUT2D eigenvalue weighted by molar-refractivity contribution is 0.187. The monoisotopic (exact) mass is 224 g/mol. The van der Waals surface area contributed by atoms with Crippen LogP contribution in [0.25, 0.3) is 0 Å². The van der Waals surface area contributed by atoms with Crippen LogP contribution in [0.4, 0.5) is 11.5 Å². The number of hydrogen-bond acceptors (Lipinski definition) is 4. The van der Waals surface area contributed by atoms with Gasteiger partial charge in [-0.05, 0) is 20.3 Å². The smallest absolute Gasteiger partial charge is 0.148 e. The molecule has 1 aliphatic rings. The van der Waals surface area contributed by atoms with Gasteiger partial charge >= 0.3 is 0 Å². The zero-order valence-electron chi connectivity index (χ0n) is 9.99. The van der Waals surface area contributed by atoms with E-state index < -0.39 is 0 Å². The predicted octanol–water partition coefficient (Wildman–Crippen LogP) is 1.24. The average Bonchev–Trinajstić information content (AvgIpc) is 2.87. The summed E-state index contributed by atoms with van der Waals surface area (Å²) in [5, 5.41) is 7.76.